The lowest BCUT2D eigenvalue weighted by Crippen LogP contribution is -2.28. The van der Waals surface area contributed by atoms with Crippen LogP contribution in [0.4, 0.5) is 0 Å². The van der Waals surface area contributed by atoms with Gasteiger partial charge in [0.1, 0.15) is 22.9 Å². The van der Waals surface area contributed by atoms with Crippen molar-refractivity contribution in [3.63, 3.8) is 0 Å². The van der Waals surface area contributed by atoms with Crippen LogP contribution >= 0.6 is 27.3 Å². The molecule has 0 fully saturated rings. The van der Waals surface area contributed by atoms with Gasteiger partial charge in [-0.1, -0.05) is 22.0 Å². The summed E-state index contributed by atoms with van der Waals surface area (Å²) in [4.78, 5) is 1.09. The van der Waals surface area contributed by atoms with Gasteiger partial charge in [0, 0.05) is 17.1 Å². The highest BCUT2D eigenvalue weighted by molar-refractivity contribution is 9.10. The Hall–Kier alpha value is -2.01. The lowest BCUT2D eigenvalue weighted by Gasteiger charge is -2.12. The van der Waals surface area contributed by atoms with Crippen LogP contribution in [0.3, 0.4) is 0 Å². The monoisotopic (exact) mass is 483 g/mol. The lowest BCUT2D eigenvalue weighted by molar-refractivity contribution is 0.306. The summed E-state index contributed by atoms with van der Waals surface area (Å²) < 4.78 is 39.2. The maximum Gasteiger partial charge on any atom is 0.244 e. The number of nitrogens with zero attached hydrogens (tertiary/aromatic N) is 2. The fraction of sp³-hybridized carbons (Fsp3) is 0.222. The van der Waals surface area contributed by atoms with E-state index >= 15 is 0 Å². The Bertz CT molecular complexity index is 1010. The molecular formula is C18H18BrN3O4S2. The van der Waals surface area contributed by atoms with Crippen molar-refractivity contribution >= 4 is 37.3 Å². The molecule has 2 aromatic heterocycles. The molecule has 2 heterocycles. The highest BCUT2D eigenvalue weighted by Crippen LogP contribution is 2.27. The fourth-order valence-electron chi connectivity index (χ4n) is 2.33. The maximum atomic E-state index is 12.6. The Morgan fingerprint density at radius 1 is 1.14 bits per heavy atom. The van der Waals surface area contributed by atoms with Crippen LogP contribution in [-0.4, -0.2) is 38.4 Å². The minimum absolute atomic E-state index is 0.0730. The summed E-state index contributed by atoms with van der Waals surface area (Å²) in [5.41, 5.74) is 0.765. The Kier molecular flexibility index (Phi) is 7.00. The molecule has 10 heteroatoms. The standard InChI is InChI=1S/C18H18BrN3O4S2/c1-2-25-15-7-5-13(19)12-17(15)28(23,24)20-9-10-26-18-8-6-14(21-22-18)16-4-3-11-27-16/h3-8,11-12,20H,2,9-10H2,1H3. The molecule has 0 saturated heterocycles. The predicted molar refractivity (Wildman–Crippen MR) is 111 cm³/mol. The number of hydrogen-bond acceptors (Lipinski definition) is 7. The van der Waals surface area contributed by atoms with E-state index in [-0.39, 0.29) is 18.0 Å². The lowest BCUT2D eigenvalue weighted by atomic mass is 10.3. The van der Waals surface area contributed by atoms with E-state index in [0.29, 0.717) is 22.7 Å². The van der Waals surface area contributed by atoms with E-state index in [0.717, 1.165) is 10.6 Å². The molecule has 28 heavy (non-hydrogen) atoms. The molecule has 7 nitrogen and oxygen atoms in total. The number of rotatable bonds is 9. The van der Waals surface area contributed by atoms with Crippen LogP contribution in [0.1, 0.15) is 6.92 Å². The van der Waals surface area contributed by atoms with Gasteiger partial charge in [0.05, 0.1) is 11.5 Å². The zero-order valence-corrected chi connectivity index (χ0v) is 18.2. The van der Waals surface area contributed by atoms with Gasteiger partial charge in [-0.25, -0.2) is 13.1 Å². The first-order valence-corrected chi connectivity index (χ1v) is 11.6. The largest absolute Gasteiger partial charge is 0.492 e. The summed E-state index contributed by atoms with van der Waals surface area (Å²) >= 11 is 4.86. The number of nitrogens with one attached hydrogen (secondary N) is 1. The van der Waals surface area contributed by atoms with E-state index in [1.807, 2.05) is 23.6 Å². The van der Waals surface area contributed by atoms with Crippen molar-refractivity contribution in [3.8, 4) is 22.2 Å². The summed E-state index contributed by atoms with van der Waals surface area (Å²) in [5.74, 6) is 0.631. The molecule has 3 aromatic rings. The van der Waals surface area contributed by atoms with E-state index in [1.165, 1.54) is 6.07 Å². The first-order chi connectivity index (χ1) is 13.5. The third-order valence-corrected chi connectivity index (χ3v) is 6.42. The minimum Gasteiger partial charge on any atom is -0.492 e. The van der Waals surface area contributed by atoms with Crippen molar-refractivity contribution in [3.05, 3.63) is 52.3 Å². The van der Waals surface area contributed by atoms with Crippen molar-refractivity contribution < 1.29 is 17.9 Å². The van der Waals surface area contributed by atoms with Gasteiger partial charge in [-0.15, -0.1) is 21.5 Å². The Morgan fingerprint density at radius 2 is 2.00 bits per heavy atom. The molecule has 0 radical (unpaired) electrons. The SMILES string of the molecule is CCOc1ccc(Br)cc1S(=O)(=O)NCCOc1ccc(-c2cccs2)nn1. The molecule has 0 aliphatic rings. The van der Waals surface area contributed by atoms with Crippen LogP contribution in [0.2, 0.25) is 0 Å². The molecule has 148 valence electrons. The molecule has 0 atom stereocenters. The summed E-state index contributed by atoms with van der Waals surface area (Å²) in [6.45, 7) is 2.36. The predicted octanol–water partition coefficient (Wildman–Crippen LogP) is 3.72. The van der Waals surface area contributed by atoms with Crippen LogP contribution in [0.25, 0.3) is 10.6 Å². The van der Waals surface area contributed by atoms with Crippen molar-refractivity contribution in [1.82, 2.24) is 14.9 Å². The second-order valence-electron chi connectivity index (χ2n) is 5.50. The molecule has 0 spiro atoms. The summed E-state index contributed by atoms with van der Waals surface area (Å²) in [5, 5.41) is 10.1. The molecule has 0 saturated carbocycles. The third kappa shape index (κ3) is 5.28. The van der Waals surface area contributed by atoms with E-state index in [9.17, 15) is 8.42 Å². The highest BCUT2D eigenvalue weighted by atomic mass is 79.9. The molecule has 0 unspecified atom stereocenters. The van der Waals surface area contributed by atoms with Gasteiger partial charge < -0.3 is 9.47 Å². The van der Waals surface area contributed by atoms with Gasteiger partial charge in [-0.05, 0) is 42.6 Å². The summed E-state index contributed by atoms with van der Waals surface area (Å²) in [7, 11) is -3.75. The molecule has 1 aromatic carbocycles. The first-order valence-electron chi connectivity index (χ1n) is 8.42. The smallest absolute Gasteiger partial charge is 0.244 e. The van der Waals surface area contributed by atoms with Crippen LogP contribution in [0.5, 0.6) is 11.6 Å². The zero-order chi connectivity index (χ0) is 20.0. The number of hydrogen-bond donors (Lipinski definition) is 1. The number of ether oxygens (including phenoxy) is 2. The second-order valence-corrected chi connectivity index (χ2v) is 9.10. The van der Waals surface area contributed by atoms with E-state index in [1.54, 1.807) is 36.5 Å². The number of benzene rings is 1. The molecule has 1 N–H and O–H groups in total. The zero-order valence-electron chi connectivity index (χ0n) is 15.0. The molecule has 0 aliphatic carbocycles. The van der Waals surface area contributed by atoms with Gasteiger partial charge in [0.25, 0.3) is 0 Å². The normalized spacial score (nSPS) is 11.4. The van der Waals surface area contributed by atoms with Crippen molar-refractivity contribution in [2.75, 3.05) is 19.8 Å². The van der Waals surface area contributed by atoms with Gasteiger partial charge in [-0.3, -0.25) is 0 Å². The van der Waals surface area contributed by atoms with E-state index < -0.39 is 10.0 Å². The van der Waals surface area contributed by atoms with Crippen molar-refractivity contribution in [2.24, 2.45) is 0 Å². The minimum atomic E-state index is -3.75. The van der Waals surface area contributed by atoms with Gasteiger partial charge in [0.15, 0.2) is 0 Å². The quantitative estimate of drug-likeness (QED) is 0.466. The second kappa shape index (κ2) is 9.46. The molecule has 0 bridgehead atoms. The molecular weight excluding hydrogens is 466 g/mol. The average Bonchev–Trinajstić information content (AvgIpc) is 3.22. The topological polar surface area (TPSA) is 90.4 Å². The van der Waals surface area contributed by atoms with Gasteiger partial charge in [-0.2, -0.15) is 0 Å². The number of aromatic nitrogens is 2. The van der Waals surface area contributed by atoms with Crippen LogP contribution in [-0.2, 0) is 10.0 Å². The maximum absolute atomic E-state index is 12.6. The summed E-state index contributed by atoms with van der Waals surface area (Å²) in [6.07, 6.45) is 0. The third-order valence-electron chi connectivity index (χ3n) is 3.55. The average molecular weight is 484 g/mol. The molecule has 0 amide bonds. The van der Waals surface area contributed by atoms with Crippen LogP contribution in [0.15, 0.2) is 57.2 Å². The van der Waals surface area contributed by atoms with E-state index in [4.69, 9.17) is 9.47 Å². The fourth-order valence-corrected chi connectivity index (χ4v) is 4.71. The Labute approximate surface area is 175 Å². The van der Waals surface area contributed by atoms with Crippen LogP contribution in [0, 0.1) is 0 Å². The van der Waals surface area contributed by atoms with Crippen molar-refractivity contribution in [1.29, 1.82) is 0 Å². The molecule has 3 rings (SSSR count). The highest BCUT2D eigenvalue weighted by Gasteiger charge is 2.19. The Morgan fingerprint density at radius 3 is 2.68 bits per heavy atom. The Balaban J connectivity index is 1.57. The molecule has 0 aliphatic heterocycles. The van der Waals surface area contributed by atoms with E-state index in [2.05, 4.69) is 30.8 Å². The van der Waals surface area contributed by atoms with Gasteiger partial charge in [0.2, 0.25) is 15.9 Å². The number of thiophene rings is 1. The van der Waals surface area contributed by atoms with Crippen molar-refractivity contribution in [2.45, 2.75) is 11.8 Å². The number of halogens is 1. The number of sulfonamides is 1. The summed E-state index contributed by atoms with van der Waals surface area (Å²) in [6, 6.07) is 12.3. The van der Waals surface area contributed by atoms with Gasteiger partial charge >= 0.3 is 0 Å². The van der Waals surface area contributed by atoms with Crippen LogP contribution < -0.4 is 14.2 Å². The first kappa shape index (κ1) is 20.7.